The zero-order chi connectivity index (χ0) is 23.4. The van der Waals surface area contributed by atoms with E-state index in [0.29, 0.717) is 31.1 Å². The van der Waals surface area contributed by atoms with E-state index in [4.69, 9.17) is 9.47 Å². The Balaban J connectivity index is 1.23. The number of hydrogen-bond donors (Lipinski definition) is 0. The molecular formula is C23H25FN2O5S2. The molecule has 0 spiro atoms. The average molecular weight is 493 g/mol. The number of amides is 1. The predicted octanol–water partition coefficient (Wildman–Crippen LogP) is 4.07. The highest BCUT2D eigenvalue weighted by Gasteiger charge is 2.25. The zero-order valence-corrected chi connectivity index (χ0v) is 19.8. The highest BCUT2D eigenvalue weighted by atomic mass is 32.2. The van der Waals surface area contributed by atoms with E-state index in [-0.39, 0.29) is 35.5 Å². The molecule has 1 fully saturated rings. The second-order valence-electron chi connectivity index (χ2n) is 7.89. The summed E-state index contributed by atoms with van der Waals surface area (Å²) in [5.74, 6) is 0.0801. The first-order valence-electron chi connectivity index (χ1n) is 10.7. The van der Waals surface area contributed by atoms with Crippen LogP contribution in [0.5, 0.6) is 10.9 Å². The minimum Gasteiger partial charge on any atom is -0.497 e. The summed E-state index contributed by atoms with van der Waals surface area (Å²) >= 11 is 1.47. The Morgan fingerprint density at radius 3 is 2.61 bits per heavy atom. The highest BCUT2D eigenvalue weighted by Crippen LogP contribution is 2.32. The summed E-state index contributed by atoms with van der Waals surface area (Å²) in [5, 5.41) is 0.606. The quantitative estimate of drug-likeness (QED) is 0.441. The molecule has 0 bridgehead atoms. The lowest BCUT2D eigenvalue weighted by Gasteiger charge is -2.31. The summed E-state index contributed by atoms with van der Waals surface area (Å²) in [5.41, 5.74) is 0.860. The van der Waals surface area contributed by atoms with Gasteiger partial charge in [-0.2, -0.15) is 0 Å². The van der Waals surface area contributed by atoms with Gasteiger partial charge in [0, 0.05) is 32.4 Å². The molecule has 1 aromatic heterocycles. The number of benzene rings is 2. The van der Waals surface area contributed by atoms with Crippen LogP contribution in [-0.2, 0) is 14.6 Å². The van der Waals surface area contributed by atoms with Crippen molar-refractivity contribution in [1.29, 1.82) is 0 Å². The second kappa shape index (κ2) is 10.0. The number of aromatic nitrogens is 1. The molecule has 2 aromatic carbocycles. The highest BCUT2D eigenvalue weighted by molar-refractivity contribution is 7.91. The Morgan fingerprint density at radius 2 is 1.91 bits per heavy atom. The molecule has 1 aliphatic heterocycles. The van der Waals surface area contributed by atoms with Gasteiger partial charge in [-0.05, 0) is 48.9 Å². The number of methoxy groups -OCH3 is 1. The van der Waals surface area contributed by atoms with Crippen molar-refractivity contribution in [2.45, 2.75) is 36.7 Å². The second-order valence-corrected chi connectivity index (χ2v) is 11.0. The molecule has 3 aromatic rings. The number of carbonyl (C=O) groups is 1. The minimum absolute atomic E-state index is 0.0182. The fourth-order valence-corrected chi connectivity index (χ4v) is 5.98. The summed E-state index contributed by atoms with van der Waals surface area (Å²) in [6.07, 6.45) is 1.75. The summed E-state index contributed by atoms with van der Waals surface area (Å²) in [7, 11) is -1.91. The van der Waals surface area contributed by atoms with Crippen LogP contribution in [0.4, 0.5) is 4.39 Å². The summed E-state index contributed by atoms with van der Waals surface area (Å²) < 4.78 is 50.0. The molecule has 0 unspecified atom stereocenters. The molecule has 0 saturated carbocycles. The van der Waals surface area contributed by atoms with Crippen molar-refractivity contribution in [3.8, 4) is 10.9 Å². The minimum atomic E-state index is -3.53. The van der Waals surface area contributed by atoms with Crippen LogP contribution in [0.1, 0.15) is 25.7 Å². The van der Waals surface area contributed by atoms with E-state index in [2.05, 4.69) is 4.98 Å². The first-order chi connectivity index (χ1) is 15.8. The molecule has 33 heavy (non-hydrogen) atoms. The SMILES string of the molecule is COc1ccc2nc(OC3CCN(C(=O)CCCS(=O)(=O)c4ccc(F)cc4)CC3)sc2c1. The van der Waals surface area contributed by atoms with Gasteiger partial charge in [0.1, 0.15) is 17.7 Å². The van der Waals surface area contributed by atoms with Gasteiger partial charge in [0.25, 0.3) is 5.19 Å². The Labute approximate surface area is 196 Å². The first-order valence-corrected chi connectivity index (χ1v) is 13.2. The lowest BCUT2D eigenvalue weighted by atomic mass is 10.1. The lowest BCUT2D eigenvalue weighted by molar-refractivity contribution is -0.133. The van der Waals surface area contributed by atoms with Gasteiger partial charge in [-0.1, -0.05) is 11.3 Å². The van der Waals surface area contributed by atoms with Crippen LogP contribution in [0.15, 0.2) is 47.4 Å². The number of sulfone groups is 1. The molecule has 10 heteroatoms. The number of fused-ring (bicyclic) bond motifs is 1. The maximum absolute atomic E-state index is 13.0. The van der Waals surface area contributed by atoms with Gasteiger partial charge in [-0.25, -0.2) is 17.8 Å². The van der Waals surface area contributed by atoms with Gasteiger partial charge < -0.3 is 14.4 Å². The number of carbonyl (C=O) groups excluding carboxylic acids is 1. The summed E-state index contributed by atoms with van der Waals surface area (Å²) in [4.78, 5) is 18.9. The first kappa shape index (κ1) is 23.4. The maximum Gasteiger partial charge on any atom is 0.274 e. The Kier molecular flexibility index (Phi) is 7.14. The number of piperidine rings is 1. The lowest BCUT2D eigenvalue weighted by Crippen LogP contribution is -2.41. The third-order valence-corrected chi connectivity index (χ3v) is 8.34. The van der Waals surface area contributed by atoms with Crippen LogP contribution >= 0.6 is 11.3 Å². The smallest absolute Gasteiger partial charge is 0.274 e. The van der Waals surface area contributed by atoms with Gasteiger partial charge in [-0.3, -0.25) is 4.79 Å². The van der Waals surface area contributed by atoms with Crippen LogP contribution < -0.4 is 9.47 Å². The van der Waals surface area contributed by atoms with E-state index in [1.54, 1.807) is 12.0 Å². The number of ether oxygens (including phenoxy) is 2. The zero-order valence-electron chi connectivity index (χ0n) is 18.2. The molecule has 7 nitrogen and oxygen atoms in total. The third-order valence-electron chi connectivity index (χ3n) is 5.61. The maximum atomic E-state index is 13.0. The topological polar surface area (TPSA) is 85.8 Å². The van der Waals surface area contributed by atoms with Gasteiger partial charge >= 0.3 is 0 Å². The van der Waals surface area contributed by atoms with Crippen LogP contribution in [0.3, 0.4) is 0 Å². The molecule has 0 radical (unpaired) electrons. The van der Waals surface area contributed by atoms with E-state index in [1.165, 1.54) is 23.5 Å². The van der Waals surface area contributed by atoms with E-state index < -0.39 is 15.7 Å². The molecule has 1 aliphatic rings. The number of rotatable bonds is 8. The van der Waals surface area contributed by atoms with Gasteiger partial charge in [0.2, 0.25) is 5.91 Å². The molecule has 176 valence electrons. The van der Waals surface area contributed by atoms with Crippen molar-refractivity contribution in [1.82, 2.24) is 9.88 Å². The number of hydrogen-bond acceptors (Lipinski definition) is 7. The van der Waals surface area contributed by atoms with Gasteiger partial charge in [0.05, 0.1) is 28.0 Å². The van der Waals surface area contributed by atoms with Crippen molar-refractivity contribution in [3.05, 3.63) is 48.3 Å². The van der Waals surface area contributed by atoms with Crippen LogP contribution in [0.25, 0.3) is 10.2 Å². The van der Waals surface area contributed by atoms with Crippen molar-refractivity contribution >= 4 is 37.3 Å². The number of thiazole rings is 1. The molecule has 0 N–H and O–H groups in total. The van der Waals surface area contributed by atoms with Gasteiger partial charge in [-0.15, -0.1) is 0 Å². The van der Waals surface area contributed by atoms with Gasteiger partial charge in [0.15, 0.2) is 9.84 Å². The fraction of sp³-hybridized carbons (Fsp3) is 0.391. The fourth-order valence-electron chi connectivity index (χ4n) is 3.76. The van der Waals surface area contributed by atoms with Crippen LogP contribution in [-0.4, -0.2) is 56.3 Å². The van der Waals surface area contributed by atoms with Crippen LogP contribution in [0.2, 0.25) is 0 Å². The molecule has 0 aliphatic carbocycles. The Morgan fingerprint density at radius 1 is 1.18 bits per heavy atom. The molecule has 4 rings (SSSR count). The van der Waals surface area contributed by atoms with Crippen LogP contribution in [0, 0.1) is 5.82 Å². The summed E-state index contributed by atoms with van der Waals surface area (Å²) in [6, 6.07) is 10.4. The van der Waals surface area contributed by atoms with Crippen molar-refractivity contribution in [3.63, 3.8) is 0 Å². The van der Waals surface area contributed by atoms with Crippen molar-refractivity contribution in [2.75, 3.05) is 26.0 Å². The largest absolute Gasteiger partial charge is 0.497 e. The van der Waals surface area contributed by atoms with E-state index in [0.717, 1.165) is 28.1 Å². The predicted molar refractivity (Wildman–Crippen MR) is 124 cm³/mol. The Bertz CT molecular complexity index is 1220. The monoisotopic (exact) mass is 492 g/mol. The standard InChI is InChI=1S/C23H25FN2O5S2/c1-30-18-6-9-20-21(15-18)32-23(25-20)31-17-10-12-26(13-11-17)22(27)3-2-14-33(28,29)19-7-4-16(24)5-8-19/h4-9,15,17H,2-3,10-14H2,1H3. The number of halogens is 1. The molecule has 1 saturated heterocycles. The average Bonchev–Trinajstić information content (AvgIpc) is 3.21. The normalized spacial score (nSPS) is 15.0. The van der Waals surface area contributed by atoms with Crippen molar-refractivity contribution in [2.24, 2.45) is 0 Å². The van der Waals surface area contributed by atoms with Crippen molar-refractivity contribution < 1.29 is 27.1 Å². The molecule has 1 amide bonds. The number of likely N-dealkylation sites (tertiary alicyclic amines) is 1. The molecule has 2 heterocycles. The molecule has 0 atom stereocenters. The van der Waals surface area contributed by atoms with E-state index in [9.17, 15) is 17.6 Å². The van der Waals surface area contributed by atoms with E-state index in [1.807, 2.05) is 18.2 Å². The molecular weight excluding hydrogens is 467 g/mol. The third kappa shape index (κ3) is 5.80. The van der Waals surface area contributed by atoms with E-state index >= 15 is 0 Å². The summed E-state index contributed by atoms with van der Waals surface area (Å²) in [6.45, 7) is 1.12. The Hall–Kier alpha value is -2.72. The number of nitrogens with zero attached hydrogens (tertiary/aromatic N) is 2.